The van der Waals surface area contributed by atoms with Gasteiger partial charge in [-0.2, -0.15) is 0 Å². The van der Waals surface area contributed by atoms with Crippen molar-refractivity contribution in [1.82, 2.24) is 0 Å². The van der Waals surface area contributed by atoms with Crippen molar-refractivity contribution in [3.05, 3.63) is 25.7 Å². The van der Waals surface area contributed by atoms with E-state index < -0.39 is 41.6 Å². The van der Waals surface area contributed by atoms with Gasteiger partial charge >= 0.3 is 51.2 Å². The summed E-state index contributed by atoms with van der Waals surface area (Å²) in [6.45, 7) is 5.62. The fourth-order valence-electron chi connectivity index (χ4n) is 0.663. The number of aliphatic hydroxyl groups excluding tert-OH is 2. The van der Waals surface area contributed by atoms with E-state index in [0.717, 1.165) is 0 Å². The van der Waals surface area contributed by atoms with Crippen LogP contribution < -0.4 is 29.4 Å². The molecule has 0 aromatic carbocycles. The van der Waals surface area contributed by atoms with Crippen LogP contribution in [0.2, 0.25) is 0 Å². The molecule has 0 aromatic heterocycles. The maximum absolute atomic E-state index is 10.5. The van der Waals surface area contributed by atoms with Crippen LogP contribution >= 0.6 is 30.4 Å². The molecule has 0 aliphatic heterocycles. The van der Waals surface area contributed by atoms with E-state index in [9.17, 15) is 47.6 Å². The third-order valence-corrected chi connectivity index (χ3v) is 8.12. The van der Waals surface area contributed by atoms with Gasteiger partial charge in [0.2, 0.25) is 15.2 Å². The summed E-state index contributed by atoms with van der Waals surface area (Å²) in [6, 6.07) is 0. The third-order valence-electron chi connectivity index (χ3n) is 1.57. The maximum atomic E-state index is 10.5. The monoisotopic (exact) mass is 595 g/mol. The molecule has 159 valence electrons. The van der Waals surface area contributed by atoms with Crippen molar-refractivity contribution in [2.75, 3.05) is 0 Å². The molecule has 0 rings (SSSR count). The van der Waals surface area contributed by atoms with E-state index in [2.05, 4.69) is 22.2 Å². The van der Waals surface area contributed by atoms with Crippen molar-refractivity contribution in [2.45, 2.75) is 11.2 Å². The summed E-state index contributed by atoms with van der Waals surface area (Å²) in [6.07, 6.45) is 0.791. The van der Waals surface area contributed by atoms with Gasteiger partial charge in [-0.3, -0.25) is 9.13 Å². The molecular weight excluding hydrogens is 585 g/mol. The Bertz CT molecular complexity index is 574. The molecule has 0 bridgehead atoms. The molecule has 4 atom stereocenters. The zero-order chi connectivity index (χ0) is 20.0. The Morgan fingerprint density at radius 3 is 0.963 bits per heavy atom. The minimum atomic E-state index is -5.60. The van der Waals surface area contributed by atoms with Gasteiger partial charge in [-0.15, -0.1) is 0 Å². The fourth-order valence-corrected chi connectivity index (χ4v) is 4.39. The predicted molar refractivity (Wildman–Crippen MR) is 65.0 cm³/mol. The van der Waals surface area contributed by atoms with Crippen molar-refractivity contribution < 1.29 is 118 Å². The molecule has 0 fully saturated rings. The number of aliphatic hydroxyl groups is 2. The van der Waals surface area contributed by atoms with Crippen LogP contribution in [0, 0.1) is 0 Å². The number of hydrogen-bond donors (Lipinski definition) is 2. The Hall–Kier alpha value is 1.24. The average Bonchev–Trinajstić information content (AvgIpc) is 2.35. The Balaban J connectivity index is -0.000000108. The minimum absolute atomic E-state index is 0. The van der Waals surface area contributed by atoms with Crippen LogP contribution in [-0.4, -0.2) is 21.4 Å². The Kier molecular flexibility index (Phi) is 21.7. The molecule has 0 aliphatic carbocycles. The van der Waals surface area contributed by atoms with E-state index in [4.69, 9.17) is 10.2 Å². The molecule has 2 N–H and O–H groups in total. The van der Waals surface area contributed by atoms with Crippen molar-refractivity contribution in [3.8, 4) is 0 Å². The molecule has 0 saturated heterocycles. The first kappa shape index (κ1) is 38.8. The van der Waals surface area contributed by atoms with Crippen molar-refractivity contribution >= 4 is 30.4 Å². The second kappa shape index (κ2) is 15.1. The molecule has 0 saturated carbocycles. The number of rotatable bonds is 8. The smallest absolute Gasteiger partial charge is 0.809 e. The van der Waals surface area contributed by atoms with E-state index in [-0.39, 0.29) is 51.2 Å². The van der Waals surface area contributed by atoms with Gasteiger partial charge in [0.25, 0.3) is 0 Å². The van der Waals surface area contributed by atoms with E-state index in [1.165, 1.54) is 0 Å². The van der Waals surface area contributed by atoms with Gasteiger partial charge < -0.3 is 57.8 Å². The maximum Gasteiger partial charge on any atom is 2.00 e. The first-order valence-corrected chi connectivity index (χ1v) is 11.5. The largest absolute Gasteiger partial charge is 2.00 e. The molecule has 0 heterocycles. The molecule has 14 nitrogen and oxygen atoms in total. The molecule has 3 radical (unpaired) electrons. The van der Waals surface area contributed by atoms with Crippen LogP contribution in [0.1, 0.15) is 0 Å². The second-order valence-corrected chi connectivity index (χ2v) is 10.9. The van der Waals surface area contributed by atoms with E-state index in [0.29, 0.717) is 12.5 Å². The third kappa shape index (κ3) is 15.7. The molecule has 0 aromatic rings. The second-order valence-electron chi connectivity index (χ2n) is 3.40. The SMILES string of the molecule is C=COP(=O)([O-])C(O)P(=O)([O-])[O-].C=COP(=O)([O-])C(O)P(=O)([O-])[O-].[Mn+2].[Mn+2].[Mn+2]. The van der Waals surface area contributed by atoms with Gasteiger partial charge in [-0.05, 0) is 15.2 Å². The molecule has 0 spiro atoms. The first-order chi connectivity index (χ1) is 10.4. The predicted octanol–water partition coefficient (Wildman–Crippen LogP) is -4.23. The molecule has 0 amide bonds. The fraction of sp³-hybridized carbons (Fsp3) is 0.333. The van der Waals surface area contributed by atoms with Crippen LogP contribution in [0.25, 0.3) is 0 Å². The summed E-state index contributed by atoms with van der Waals surface area (Å²) < 4.78 is 48.3. The summed E-state index contributed by atoms with van der Waals surface area (Å²) in [5.74, 6) is 0. The van der Waals surface area contributed by atoms with Crippen molar-refractivity contribution in [1.29, 1.82) is 0 Å². The summed E-state index contributed by atoms with van der Waals surface area (Å²) in [4.78, 5) is 60.9. The van der Waals surface area contributed by atoms with Crippen molar-refractivity contribution in [2.24, 2.45) is 0 Å². The van der Waals surface area contributed by atoms with Gasteiger partial charge in [0.15, 0.2) is 11.2 Å². The number of hydrogen-bond acceptors (Lipinski definition) is 14. The average molecular weight is 595 g/mol. The summed E-state index contributed by atoms with van der Waals surface area (Å²) in [7, 11) is -21.4. The molecule has 27 heavy (non-hydrogen) atoms. The quantitative estimate of drug-likeness (QED) is 0.153. The van der Waals surface area contributed by atoms with E-state index in [1.54, 1.807) is 0 Å². The Morgan fingerprint density at radius 1 is 0.667 bits per heavy atom. The molecule has 4 unspecified atom stereocenters. The molecule has 21 heteroatoms. The van der Waals surface area contributed by atoms with Crippen LogP contribution in [0.15, 0.2) is 25.7 Å². The van der Waals surface area contributed by atoms with Gasteiger partial charge in [-0.1, -0.05) is 13.2 Å². The zero-order valence-corrected chi connectivity index (χ0v) is 19.6. The van der Waals surface area contributed by atoms with Crippen LogP contribution in [0.3, 0.4) is 0 Å². The van der Waals surface area contributed by atoms with Gasteiger partial charge in [-0.25, -0.2) is 0 Å². The van der Waals surface area contributed by atoms with Crippen LogP contribution in [0.4, 0.5) is 0 Å². The first-order valence-electron chi connectivity index (χ1n) is 5.03. The Labute approximate surface area is 184 Å². The standard InChI is InChI=1S/2C3H8O7P2.3Mn/c2*1-2-10-12(8,9)3(4)11(5,6)7;;;/h2*2-4H,1H2,(H,8,9)(H2,5,6,7);;;/q;;3*+2/p-6. The topological polar surface area (TPSA) is 266 Å². The summed E-state index contributed by atoms with van der Waals surface area (Å²) in [5, 5.41) is 16.8. The van der Waals surface area contributed by atoms with Gasteiger partial charge in [0.05, 0.1) is 12.5 Å². The molecule has 0 aliphatic rings. The summed E-state index contributed by atoms with van der Waals surface area (Å²) >= 11 is 0. The van der Waals surface area contributed by atoms with Crippen LogP contribution in [-0.2, 0) is 78.5 Å². The minimum Gasteiger partial charge on any atom is -0.809 e. The molecular formula is C6H10Mn3O14P4. The van der Waals surface area contributed by atoms with Gasteiger partial charge in [0.1, 0.15) is 0 Å². The van der Waals surface area contributed by atoms with Crippen molar-refractivity contribution in [3.63, 3.8) is 0 Å². The van der Waals surface area contributed by atoms with E-state index in [1.807, 2.05) is 0 Å². The van der Waals surface area contributed by atoms with E-state index >= 15 is 0 Å². The zero-order valence-electron chi connectivity index (χ0n) is 12.4. The Morgan fingerprint density at radius 2 is 0.852 bits per heavy atom. The summed E-state index contributed by atoms with van der Waals surface area (Å²) in [5.41, 5.74) is -6.13. The van der Waals surface area contributed by atoms with Crippen LogP contribution in [0.5, 0.6) is 0 Å². The normalized spacial score (nSPS) is 17.2. The van der Waals surface area contributed by atoms with Gasteiger partial charge in [0, 0.05) is 0 Å².